The first-order valence-electron chi connectivity index (χ1n) is 9.27. The van der Waals surface area contributed by atoms with Gasteiger partial charge in [-0.15, -0.1) is 10.2 Å². The van der Waals surface area contributed by atoms with Crippen molar-refractivity contribution in [3.63, 3.8) is 0 Å². The van der Waals surface area contributed by atoms with Crippen molar-refractivity contribution in [3.05, 3.63) is 70.5 Å². The first-order valence-corrected chi connectivity index (χ1v) is 10.1. The van der Waals surface area contributed by atoms with Crippen LogP contribution in [0.15, 0.2) is 60.0 Å². The highest BCUT2D eigenvalue weighted by molar-refractivity contribution is 7.15. The number of amides is 1. The lowest BCUT2D eigenvalue weighted by atomic mass is 10.1. The van der Waals surface area contributed by atoms with Gasteiger partial charge in [-0.2, -0.15) is 0 Å². The van der Waals surface area contributed by atoms with Crippen molar-refractivity contribution in [1.29, 1.82) is 0 Å². The van der Waals surface area contributed by atoms with Gasteiger partial charge in [0.1, 0.15) is 10.7 Å². The molecule has 10 heteroatoms. The van der Waals surface area contributed by atoms with Crippen molar-refractivity contribution in [1.82, 2.24) is 10.2 Å². The number of esters is 2. The lowest BCUT2D eigenvalue weighted by molar-refractivity contribution is -0.139. The van der Waals surface area contributed by atoms with Crippen molar-refractivity contribution in [2.24, 2.45) is 0 Å². The van der Waals surface area contributed by atoms with Crippen molar-refractivity contribution in [2.75, 3.05) is 24.4 Å². The quantitative estimate of drug-likeness (QED) is 0.683. The molecule has 0 fully saturated rings. The highest BCUT2D eigenvalue weighted by Crippen LogP contribution is 2.30. The minimum atomic E-state index is -0.761. The monoisotopic (exact) mass is 440 g/mol. The molecule has 0 bridgehead atoms. The smallest absolute Gasteiger partial charge is 0.355 e. The second kappa shape index (κ2) is 9.81. The van der Waals surface area contributed by atoms with Crippen molar-refractivity contribution in [3.8, 4) is 0 Å². The number of rotatable bonds is 6. The summed E-state index contributed by atoms with van der Waals surface area (Å²) in [5.74, 6) is -1.92. The molecule has 0 spiro atoms. The number of nitrogens with one attached hydrogen (secondary N) is 1. The molecule has 31 heavy (non-hydrogen) atoms. The predicted molar refractivity (Wildman–Crippen MR) is 115 cm³/mol. The number of carbonyl (C=O) groups excluding carboxylic acids is 3. The standard InChI is InChI=1S/C21H20N4O5S/c1-4-16-23-24-21(31-16)22-18(26)13-9-5-6-11-15(13)25-12-8-7-10-14(19(27)29-2)17(25)20(28)30-3/h5-12H,4H2,1-3H3,(H,22,24,26). The van der Waals surface area contributed by atoms with E-state index in [0.717, 1.165) is 5.01 Å². The molecular formula is C21H20N4O5S. The van der Waals surface area contributed by atoms with Crippen molar-refractivity contribution >= 4 is 40.0 Å². The van der Waals surface area contributed by atoms with Gasteiger partial charge in [-0.3, -0.25) is 10.1 Å². The van der Waals surface area contributed by atoms with Gasteiger partial charge < -0.3 is 14.4 Å². The number of hydrogen-bond donors (Lipinski definition) is 1. The minimum Gasteiger partial charge on any atom is -0.465 e. The van der Waals surface area contributed by atoms with Crippen LogP contribution >= 0.6 is 11.3 Å². The average Bonchev–Trinajstić information content (AvgIpc) is 3.13. The molecule has 1 aliphatic rings. The summed E-state index contributed by atoms with van der Waals surface area (Å²) in [7, 11) is 2.43. The molecule has 1 N–H and O–H groups in total. The first-order chi connectivity index (χ1) is 15.0. The Kier molecular flexibility index (Phi) is 6.93. The van der Waals surface area contributed by atoms with E-state index in [4.69, 9.17) is 9.47 Å². The van der Waals surface area contributed by atoms with E-state index in [1.807, 2.05) is 6.92 Å². The van der Waals surface area contributed by atoms with Crippen LogP contribution in [-0.4, -0.2) is 42.3 Å². The lowest BCUT2D eigenvalue weighted by Gasteiger charge is -2.25. The lowest BCUT2D eigenvalue weighted by Crippen LogP contribution is -2.28. The summed E-state index contributed by atoms with van der Waals surface area (Å²) < 4.78 is 9.72. The van der Waals surface area contributed by atoms with Crippen LogP contribution in [0, 0.1) is 0 Å². The summed E-state index contributed by atoms with van der Waals surface area (Å²) in [6, 6.07) is 6.66. The molecule has 0 saturated heterocycles. The molecule has 0 radical (unpaired) electrons. The molecular weight excluding hydrogens is 420 g/mol. The Bertz CT molecular complexity index is 1100. The van der Waals surface area contributed by atoms with E-state index >= 15 is 0 Å². The number of methoxy groups -OCH3 is 2. The highest BCUT2D eigenvalue weighted by atomic mass is 32.1. The van der Waals surface area contributed by atoms with Gasteiger partial charge in [0.25, 0.3) is 5.91 Å². The summed E-state index contributed by atoms with van der Waals surface area (Å²) >= 11 is 1.28. The molecule has 1 aromatic carbocycles. The van der Waals surface area contributed by atoms with E-state index in [0.29, 0.717) is 17.2 Å². The number of hydrogen-bond acceptors (Lipinski definition) is 9. The third-order valence-electron chi connectivity index (χ3n) is 4.29. The Morgan fingerprint density at radius 1 is 1.06 bits per heavy atom. The average molecular weight is 440 g/mol. The molecule has 0 atom stereocenters. The molecule has 0 unspecified atom stereocenters. The van der Waals surface area contributed by atoms with E-state index in [1.54, 1.807) is 42.6 Å². The Labute approximate surface area is 182 Å². The normalized spacial score (nSPS) is 13.1. The van der Waals surface area contributed by atoms with E-state index in [2.05, 4.69) is 15.5 Å². The topological polar surface area (TPSA) is 111 Å². The maximum atomic E-state index is 13.0. The summed E-state index contributed by atoms with van der Waals surface area (Å²) in [5.41, 5.74) is 0.532. The number of anilines is 2. The van der Waals surface area contributed by atoms with Crippen LogP contribution in [0.5, 0.6) is 0 Å². The summed E-state index contributed by atoms with van der Waals surface area (Å²) in [4.78, 5) is 39.4. The number of para-hydroxylation sites is 1. The maximum Gasteiger partial charge on any atom is 0.355 e. The molecule has 0 aliphatic carbocycles. The zero-order valence-corrected chi connectivity index (χ0v) is 17.9. The van der Waals surface area contributed by atoms with Gasteiger partial charge in [0.05, 0.1) is 31.0 Å². The van der Waals surface area contributed by atoms with Crippen molar-refractivity contribution in [2.45, 2.75) is 13.3 Å². The number of benzene rings is 1. The Balaban J connectivity index is 2.07. The molecule has 3 rings (SSSR count). The Hall–Kier alpha value is -3.79. The Morgan fingerprint density at radius 2 is 1.81 bits per heavy atom. The van der Waals surface area contributed by atoms with Crippen LogP contribution in [0.3, 0.4) is 0 Å². The van der Waals surface area contributed by atoms with Gasteiger partial charge in [-0.1, -0.05) is 36.5 Å². The van der Waals surface area contributed by atoms with E-state index in [-0.39, 0.29) is 16.8 Å². The largest absolute Gasteiger partial charge is 0.465 e. The summed E-state index contributed by atoms with van der Waals surface area (Å²) in [5, 5.41) is 11.8. The van der Waals surface area contributed by atoms with Crippen LogP contribution in [-0.2, 0) is 25.5 Å². The third kappa shape index (κ3) is 4.69. The fourth-order valence-corrected chi connectivity index (χ4v) is 3.51. The maximum absolute atomic E-state index is 13.0. The van der Waals surface area contributed by atoms with Crippen LogP contribution in [0.2, 0.25) is 0 Å². The summed E-state index contributed by atoms with van der Waals surface area (Å²) in [6.45, 7) is 1.95. The summed E-state index contributed by atoms with van der Waals surface area (Å²) in [6.07, 6.45) is 6.94. The molecule has 1 aromatic heterocycles. The number of carbonyl (C=O) groups is 3. The SMILES string of the molecule is CCc1nnc(NC(=O)c2ccccc2N2C=CC=CC(C(=O)OC)=C2C(=O)OC)s1. The predicted octanol–water partition coefficient (Wildman–Crippen LogP) is 2.84. The number of ether oxygens (including phenoxy) is 2. The molecule has 2 heterocycles. The molecule has 160 valence electrons. The van der Waals surface area contributed by atoms with Crippen molar-refractivity contribution < 1.29 is 23.9 Å². The molecule has 9 nitrogen and oxygen atoms in total. The number of allylic oxidation sites excluding steroid dienone is 2. The second-order valence-corrected chi connectivity index (χ2v) is 7.20. The van der Waals surface area contributed by atoms with E-state index in [1.165, 1.54) is 36.5 Å². The Morgan fingerprint density at radius 3 is 2.48 bits per heavy atom. The number of aromatic nitrogens is 2. The number of nitrogens with zero attached hydrogens (tertiary/aromatic N) is 3. The zero-order chi connectivity index (χ0) is 22.4. The zero-order valence-electron chi connectivity index (χ0n) is 17.1. The van der Waals surface area contributed by atoms with E-state index in [9.17, 15) is 14.4 Å². The highest BCUT2D eigenvalue weighted by Gasteiger charge is 2.29. The van der Waals surface area contributed by atoms with Gasteiger partial charge in [0.15, 0.2) is 0 Å². The van der Waals surface area contributed by atoms with Gasteiger partial charge in [-0.05, 0) is 30.7 Å². The van der Waals surface area contributed by atoms with E-state index < -0.39 is 17.8 Å². The van der Waals surface area contributed by atoms with Crippen LogP contribution in [0.4, 0.5) is 10.8 Å². The second-order valence-electron chi connectivity index (χ2n) is 6.14. The van der Waals surface area contributed by atoms with Crippen LogP contribution in [0.25, 0.3) is 0 Å². The fourth-order valence-electron chi connectivity index (χ4n) is 2.84. The molecule has 1 aliphatic heterocycles. The van der Waals surface area contributed by atoms with Gasteiger partial charge in [-0.25, -0.2) is 9.59 Å². The fraction of sp³-hybridized carbons (Fsp3) is 0.190. The molecule has 0 saturated carbocycles. The molecule has 2 aromatic rings. The van der Waals surface area contributed by atoms with Crippen LogP contribution < -0.4 is 10.2 Å². The first kappa shape index (κ1) is 21.9. The van der Waals surface area contributed by atoms with Gasteiger partial charge >= 0.3 is 11.9 Å². The van der Waals surface area contributed by atoms with Gasteiger partial charge in [0.2, 0.25) is 5.13 Å². The molecule has 1 amide bonds. The minimum absolute atomic E-state index is 0.00808. The third-order valence-corrected chi connectivity index (χ3v) is 5.27. The number of aryl methyl sites for hydroxylation is 1. The van der Waals surface area contributed by atoms with Crippen LogP contribution in [0.1, 0.15) is 22.3 Å². The van der Waals surface area contributed by atoms with Gasteiger partial charge in [0, 0.05) is 6.20 Å².